The summed E-state index contributed by atoms with van der Waals surface area (Å²) in [4.78, 5) is 0. The van der Waals surface area contributed by atoms with E-state index in [1.807, 2.05) is 0 Å². The van der Waals surface area contributed by atoms with E-state index in [0.29, 0.717) is 31.3 Å². The van der Waals surface area contributed by atoms with Crippen molar-refractivity contribution >= 4 is 0 Å². The lowest BCUT2D eigenvalue weighted by molar-refractivity contribution is 0.0423. The number of hydrogen-bond donors (Lipinski definition) is 2. The lowest BCUT2D eigenvalue weighted by Crippen LogP contribution is -2.48. The topological polar surface area (TPSA) is 51.8 Å². The highest BCUT2D eigenvalue weighted by molar-refractivity contribution is 4.80. The van der Waals surface area contributed by atoms with Gasteiger partial charge in [-0.3, -0.25) is 0 Å². The molecule has 2 atom stereocenters. The monoisotopic (exact) mass is 402 g/mol. The predicted molar refractivity (Wildman–Crippen MR) is 120 cm³/mol. The fraction of sp³-hybridized carbons (Fsp3) is 1.00. The molecule has 0 fully saturated rings. The SMILES string of the molecule is COCC(COCCCOCC(CCC(C)(C)C)NC(C)(C)C)NC(C)(C)C. The molecule has 0 amide bonds. The minimum atomic E-state index is 0.0534. The Hall–Kier alpha value is -0.200. The molecule has 2 N–H and O–H groups in total. The van der Waals surface area contributed by atoms with Gasteiger partial charge in [0.05, 0.1) is 25.9 Å². The van der Waals surface area contributed by atoms with Crippen LogP contribution in [0.2, 0.25) is 0 Å². The Morgan fingerprint density at radius 2 is 1.14 bits per heavy atom. The molecule has 28 heavy (non-hydrogen) atoms. The van der Waals surface area contributed by atoms with Gasteiger partial charge in [-0.25, -0.2) is 0 Å². The molecule has 170 valence electrons. The third kappa shape index (κ3) is 19.1. The van der Waals surface area contributed by atoms with E-state index in [9.17, 15) is 0 Å². The zero-order chi connectivity index (χ0) is 21.8. The smallest absolute Gasteiger partial charge is 0.0642 e. The molecule has 0 radical (unpaired) electrons. The van der Waals surface area contributed by atoms with Gasteiger partial charge in [-0.15, -0.1) is 0 Å². The number of ether oxygens (including phenoxy) is 3. The van der Waals surface area contributed by atoms with Crippen molar-refractivity contribution in [1.29, 1.82) is 0 Å². The fourth-order valence-electron chi connectivity index (χ4n) is 3.08. The van der Waals surface area contributed by atoms with Crippen molar-refractivity contribution in [2.75, 3.05) is 40.1 Å². The average molecular weight is 403 g/mol. The second kappa shape index (κ2) is 13.2. The van der Waals surface area contributed by atoms with Crippen molar-refractivity contribution in [3.8, 4) is 0 Å². The molecule has 5 nitrogen and oxygen atoms in total. The molecule has 0 bridgehead atoms. The minimum absolute atomic E-state index is 0.0534. The highest BCUT2D eigenvalue weighted by atomic mass is 16.5. The van der Waals surface area contributed by atoms with Crippen LogP contribution in [0.4, 0.5) is 0 Å². The Morgan fingerprint density at radius 1 is 0.679 bits per heavy atom. The van der Waals surface area contributed by atoms with Crippen LogP contribution >= 0.6 is 0 Å². The summed E-state index contributed by atoms with van der Waals surface area (Å²) in [5.41, 5.74) is 0.509. The minimum Gasteiger partial charge on any atom is -0.383 e. The fourth-order valence-corrected chi connectivity index (χ4v) is 3.08. The van der Waals surface area contributed by atoms with Crippen molar-refractivity contribution in [2.24, 2.45) is 5.41 Å². The maximum absolute atomic E-state index is 5.96. The lowest BCUT2D eigenvalue weighted by atomic mass is 9.88. The van der Waals surface area contributed by atoms with E-state index in [-0.39, 0.29) is 17.1 Å². The van der Waals surface area contributed by atoms with E-state index in [1.54, 1.807) is 7.11 Å². The van der Waals surface area contributed by atoms with E-state index in [2.05, 4.69) is 72.9 Å². The lowest BCUT2D eigenvalue weighted by Gasteiger charge is -2.30. The number of methoxy groups -OCH3 is 1. The van der Waals surface area contributed by atoms with Gasteiger partial charge in [0.25, 0.3) is 0 Å². The van der Waals surface area contributed by atoms with Gasteiger partial charge in [0.2, 0.25) is 0 Å². The predicted octanol–water partition coefficient (Wildman–Crippen LogP) is 4.40. The molecule has 0 aromatic carbocycles. The van der Waals surface area contributed by atoms with E-state index in [0.717, 1.165) is 26.1 Å². The van der Waals surface area contributed by atoms with Crippen LogP contribution in [0.25, 0.3) is 0 Å². The molecule has 0 aromatic rings. The molecular formula is C23H50N2O3. The van der Waals surface area contributed by atoms with Gasteiger partial charge in [-0.1, -0.05) is 20.8 Å². The van der Waals surface area contributed by atoms with Crippen LogP contribution in [0.15, 0.2) is 0 Å². The van der Waals surface area contributed by atoms with E-state index < -0.39 is 0 Å². The van der Waals surface area contributed by atoms with Crippen LogP contribution < -0.4 is 10.6 Å². The number of nitrogens with one attached hydrogen (secondary N) is 2. The number of hydrogen-bond acceptors (Lipinski definition) is 5. The summed E-state index contributed by atoms with van der Waals surface area (Å²) in [7, 11) is 1.73. The van der Waals surface area contributed by atoms with Gasteiger partial charge in [0, 0.05) is 37.4 Å². The first-order valence-corrected chi connectivity index (χ1v) is 10.9. The first-order valence-electron chi connectivity index (χ1n) is 10.9. The molecule has 0 aliphatic carbocycles. The molecule has 0 aromatic heterocycles. The average Bonchev–Trinajstić information content (AvgIpc) is 2.48. The Labute approximate surface area is 175 Å². The molecule has 0 aliphatic heterocycles. The summed E-state index contributed by atoms with van der Waals surface area (Å²) in [6.45, 7) is 23.5. The van der Waals surface area contributed by atoms with Crippen LogP contribution in [0.1, 0.15) is 81.6 Å². The van der Waals surface area contributed by atoms with Crippen molar-refractivity contribution in [3.05, 3.63) is 0 Å². The molecule has 5 heteroatoms. The van der Waals surface area contributed by atoms with Crippen LogP contribution in [-0.4, -0.2) is 63.3 Å². The molecule has 0 saturated heterocycles. The maximum atomic E-state index is 5.96. The van der Waals surface area contributed by atoms with Gasteiger partial charge in [-0.05, 0) is 66.2 Å². The normalized spacial score (nSPS) is 15.6. The van der Waals surface area contributed by atoms with Crippen LogP contribution in [0.5, 0.6) is 0 Å². The summed E-state index contributed by atoms with van der Waals surface area (Å²) in [5, 5.41) is 7.24. The van der Waals surface area contributed by atoms with Crippen molar-refractivity contribution < 1.29 is 14.2 Å². The van der Waals surface area contributed by atoms with Gasteiger partial charge in [-0.2, -0.15) is 0 Å². The number of rotatable bonds is 14. The second-order valence-electron chi connectivity index (χ2n) is 11.2. The van der Waals surface area contributed by atoms with Gasteiger partial charge >= 0.3 is 0 Å². The highest BCUT2D eigenvalue weighted by Crippen LogP contribution is 2.22. The Kier molecular flexibility index (Phi) is 13.1. The zero-order valence-corrected chi connectivity index (χ0v) is 20.5. The molecular weight excluding hydrogens is 352 g/mol. The van der Waals surface area contributed by atoms with Gasteiger partial charge in [0.1, 0.15) is 0 Å². The van der Waals surface area contributed by atoms with Crippen molar-refractivity contribution in [3.63, 3.8) is 0 Å². The Balaban J connectivity index is 4.08. The molecule has 0 rings (SSSR count). The molecule has 0 spiro atoms. The van der Waals surface area contributed by atoms with Gasteiger partial charge < -0.3 is 24.8 Å². The summed E-state index contributed by atoms with van der Waals surface area (Å²) in [6.07, 6.45) is 3.24. The van der Waals surface area contributed by atoms with Crippen LogP contribution in [0.3, 0.4) is 0 Å². The molecule has 2 unspecified atom stereocenters. The van der Waals surface area contributed by atoms with Gasteiger partial charge in [0.15, 0.2) is 0 Å². The zero-order valence-electron chi connectivity index (χ0n) is 20.5. The van der Waals surface area contributed by atoms with Crippen LogP contribution in [0, 0.1) is 5.41 Å². The summed E-state index contributed by atoms with van der Waals surface area (Å²) in [5.74, 6) is 0. The second-order valence-corrected chi connectivity index (χ2v) is 11.2. The Bertz CT molecular complexity index is 381. The van der Waals surface area contributed by atoms with E-state index >= 15 is 0 Å². The Morgan fingerprint density at radius 3 is 1.57 bits per heavy atom. The van der Waals surface area contributed by atoms with Crippen LogP contribution in [-0.2, 0) is 14.2 Å². The largest absolute Gasteiger partial charge is 0.383 e. The van der Waals surface area contributed by atoms with E-state index in [4.69, 9.17) is 14.2 Å². The molecule has 0 heterocycles. The summed E-state index contributed by atoms with van der Waals surface area (Å²) >= 11 is 0. The first-order chi connectivity index (χ1) is 12.7. The van der Waals surface area contributed by atoms with Crippen molar-refractivity contribution in [1.82, 2.24) is 10.6 Å². The standard InChI is InChI=1S/C23H50N2O3/c1-21(2,3)13-12-19(24-22(4,5)6)17-27-14-11-15-28-18-20(16-26-10)25-23(7,8)9/h19-20,24-25H,11-18H2,1-10H3. The van der Waals surface area contributed by atoms with E-state index in [1.165, 1.54) is 6.42 Å². The summed E-state index contributed by atoms with van der Waals surface area (Å²) < 4.78 is 17.1. The highest BCUT2D eigenvalue weighted by Gasteiger charge is 2.20. The quantitative estimate of drug-likeness (QED) is 0.422. The summed E-state index contributed by atoms with van der Waals surface area (Å²) in [6, 6.07) is 0.603. The van der Waals surface area contributed by atoms with Crippen molar-refractivity contribution in [2.45, 2.75) is 105 Å². The molecule has 0 aliphatic rings. The first kappa shape index (κ1) is 27.8. The third-order valence-electron chi connectivity index (χ3n) is 4.10. The third-order valence-corrected chi connectivity index (χ3v) is 4.10. The molecule has 0 saturated carbocycles. The maximum Gasteiger partial charge on any atom is 0.0642 e.